The largest absolute Gasteiger partial charge is 0.481 e. The Morgan fingerprint density at radius 2 is 1.68 bits per heavy atom. The van der Waals surface area contributed by atoms with Crippen LogP contribution in [0.3, 0.4) is 0 Å². The van der Waals surface area contributed by atoms with Crippen molar-refractivity contribution in [1.82, 2.24) is 0 Å². The molecule has 8 atom stereocenters. The fourth-order valence-electron chi connectivity index (χ4n) is 9.35. The minimum absolute atomic E-state index is 0.234. The summed E-state index contributed by atoms with van der Waals surface area (Å²) in [4.78, 5) is 12.4. The Hall–Kier alpha value is -0.610. The van der Waals surface area contributed by atoms with E-state index in [0.717, 1.165) is 31.6 Å². The third kappa shape index (κ3) is 3.88. The second-order valence-corrected chi connectivity index (χ2v) is 12.8. The minimum Gasteiger partial charge on any atom is -0.481 e. The summed E-state index contributed by atoms with van der Waals surface area (Å²) in [6, 6.07) is 0. The quantitative estimate of drug-likeness (QED) is 0.458. The molecular formula is C27H46O4. The average Bonchev–Trinajstić information content (AvgIpc) is 2.90. The smallest absolute Gasteiger partial charge is 0.307 e. The number of carbonyl (C=O) groups is 1. The van der Waals surface area contributed by atoms with E-state index in [4.69, 9.17) is 0 Å². The van der Waals surface area contributed by atoms with Gasteiger partial charge >= 0.3 is 5.97 Å². The predicted octanol–water partition coefficient (Wildman–Crippen LogP) is 5.85. The van der Waals surface area contributed by atoms with Crippen molar-refractivity contribution in [2.75, 3.05) is 0 Å². The van der Waals surface area contributed by atoms with Crippen molar-refractivity contribution in [2.24, 2.45) is 52.3 Å². The van der Waals surface area contributed by atoms with Crippen LogP contribution in [0.4, 0.5) is 0 Å². The van der Waals surface area contributed by atoms with Crippen molar-refractivity contribution in [2.45, 2.75) is 111 Å². The van der Waals surface area contributed by atoms with Crippen molar-refractivity contribution in [1.29, 1.82) is 0 Å². The topological polar surface area (TPSA) is 77.8 Å². The number of carboxylic acids is 1. The van der Waals surface area contributed by atoms with E-state index in [1.807, 2.05) is 0 Å². The minimum atomic E-state index is -1.86. The first-order valence-electron chi connectivity index (χ1n) is 13.2. The molecule has 31 heavy (non-hydrogen) atoms. The van der Waals surface area contributed by atoms with E-state index in [1.54, 1.807) is 0 Å². The molecule has 0 heterocycles. The van der Waals surface area contributed by atoms with Crippen LogP contribution in [0.15, 0.2) is 0 Å². The predicted molar refractivity (Wildman–Crippen MR) is 122 cm³/mol. The van der Waals surface area contributed by atoms with Gasteiger partial charge in [0.25, 0.3) is 0 Å². The number of rotatable bonds is 6. The summed E-state index contributed by atoms with van der Waals surface area (Å²) >= 11 is 0. The lowest BCUT2D eigenvalue weighted by Gasteiger charge is -2.60. The van der Waals surface area contributed by atoms with Gasteiger partial charge in [-0.05, 0) is 85.4 Å². The van der Waals surface area contributed by atoms with Gasteiger partial charge in [-0.3, -0.25) is 4.79 Å². The number of hydrogen-bond acceptors (Lipinski definition) is 3. The van der Waals surface area contributed by atoms with E-state index in [-0.39, 0.29) is 11.3 Å². The third-order valence-electron chi connectivity index (χ3n) is 10.8. The molecule has 0 bridgehead atoms. The van der Waals surface area contributed by atoms with Crippen LogP contribution >= 0.6 is 0 Å². The third-order valence-corrected chi connectivity index (χ3v) is 10.8. The van der Waals surface area contributed by atoms with Gasteiger partial charge in [0, 0.05) is 12.3 Å². The van der Waals surface area contributed by atoms with E-state index in [0.29, 0.717) is 36.0 Å². The van der Waals surface area contributed by atoms with E-state index in [9.17, 15) is 20.1 Å². The van der Waals surface area contributed by atoms with Crippen molar-refractivity contribution >= 4 is 5.97 Å². The van der Waals surface area contributed by atoms with Gasteiger partial charge in [0.05, 0.1) is 5.92 Å². The normalized spacial score (nSPS) is 44.9. The maximum atomic E-state index is 12.4. The highest BCUT2D eigenvalue weighted by Gasteiger charge is 2.67. The monoisotopic (exact) mass is 434 g/mol. The van der Waals surface area contributed by atoms with Gasteiger partial charge in [-0.15, -0.1) is 0 Å². The highest BCUT2D eigenvalue weighted by molar-refractivity contribution is 5.70. The molecule has 4 aliphatic rings. The molecule has 0 spiro atoms. The van der Waals surface area contributed by atoms with Crippen molar-refractivity contribution < 1.29 is 20.1 Å². The molecule has 4 rings (SSSR count). The summed E-state index contributed by atoms with van der Waals surface area (Å²) in [6.07, 6.45) is 12.7. The van der Waals surface area contributed by atoms with Crippen molar-refractivity contribution in [3.8, 4) is 0 Å². The number of fused-ring (bicyclic) bond motifs is 5. The lowest BCUT2D eigenvalue weighted by molar-refractivity contribution is -0.216. The standard InChI is InChI=1S/C27H46O4/c1-17(2)8-7-10-20(24(28)29)23-26(4)15-13-21-19(22(26)16-27(23,30)31)12-11-18-9-5-6-14-25(18,21)3/h17-23,30-31H,5-16H2,1-4H3,(H,28,29)/t18?,19-,20+,21+,22+,23-,25+,26+/m1/s1. The molecule has 4 aliphatic carbocycles. The maximum absolute atomic E-state index is 12.4. The molecule has 4 heteroatoms. The maximum Gasteiger partial charge on any atom is 0.307 e. The van der Waals surface area contributed by atoms with E-state index < -0.39 is 23.6 Å². The molecule has 0 aromatic carbocycles. The lowest BCUT2D eigenvalue weighted by Crippen LogP contribution is -2.54. The van der Waals surface area contributed by atoms with Gasteiger partial charge < -0.3 is 15.3 Å². The van der Waals surface area contributed by atoms with E-state index in [1.165, 1.54) is 38.5 Å². The fourth-order valence-corrected chi connectivity index (χ4v) is 9.35. The molecule has 1 unspecified atom stereocenters. The summed E-state index contributed by atoms with van der Waals surface area (Å²) in [5.74, 6) is -1.13. The Kier molecular flexibility index (Phi) is 6.31. The Morgan fingerprint density at radius 3 is 2.35 bits per heavy atom. The van der Waals surface area contributed by atoms with Crippen LogP contribution in [0.25, 0.3) is 0 Å². The first-order chi connectivity index (χ1) is 14.5. The number of hydrogen-bond donors (Lipinski definition) is 3. The van der Waals surface area contributed by atoms with Gasteiger partial charge in [-0.1, -0.05) is 53.4 Å². The average molecular weight is 435 g/mol. The molecule has 4 fully saturated rings. The zero-order valence-corrected chi connectivity index (χ0v) is 20.3. The second kappa shape index (κ2) is 8.31. The number of carboxylic acid groups (broad SMARTS) is 1. The van der Waals surface area contributed by atoms with Crippen molar-refractivity contribution in [3.63, 3.8) is 0 Å². The molecule has 4 nitrogen and oxygen atoms in total. The lowest BCUT2D eigenvalue weighted by atomic mass is 9.44. The van der Waals surface area contributed by atoms with Crippen molar-refractivity contribution in [3.05, 3.63) is 0 Å². The van der Waals surface area contributed by atoms with E-state index in [2.05, 4.69) is 27.7 Å². The summed E-state index contributed by atoms with van der Waals surface area (Å²) in [6.45, 7) is 9.06. The fraction of sp³-hybridized carbons (Fsp3) is 0.963. The van der Waals surface area contributed by atoms with Crippen LogP contribution in [0, 0.1) is 52.3 Å². The van der Waals surface area contributed by atoms with Crippen LogP contribution in [-0.2, 0) is 4.79 Å². The Balaban J connectivity index is 1.61. The summed E-state index contributed by atoms with van der Waals surface area (Å²) < 4.78 is 0. The molecule has 0 aromatic heterocycles. The van der Waals surface area contributed by atoms with Gasteiger partial charge in [0.15, 0.2) is 5.79 Å². The molecule has 3 N–H and O–H groups in total. The van der Waals surface area contributed by atoms with E-state index >= 15 is 0 Å². The SMILES string of the molecule is CC(C)CCC[C@H](C(=O)O)[C@H]1C(O)(O)C[C@H]2[C@@H]3CCC4CCCC[C@]4(C)[C@H]3CC[C@@]21C. The molecule has 178 valence electrons. The van der Waals surface area contributed by atoms with Gasteiger partial charge in [0.1, 0.15) is 0 Å². The van der Waals surface area contributed by atoms with Crippen LogP contribution in [-0.4, -0.2) is 27.1 Å². The molecule has 0 amide bonds. The highest BCUT2D eigenvalue weighted by atomic mass is 16.5. The molecule has 0 aliphatic heterocycles. The zero-order chi connectivity index (χ0) is 22.6. The van der Waals surface area contributed by atoms with Crippen LogP contribution in [0.5, 0.6) is 0 Å². The Morgan fingerprint density at radius 1 is 0.935 bits per heavy atom. The van der Waals surface area contributed by atoms with Crippen LogP contribution in [0.2, 0.25) is 0 Å². The molecule has 0 saturated heterocycles. The molecular weight excluding hydrogens is 388 g/mol. The first kappa shape index (κ1) is 23.5. The molecule has 0 radical (unpaired) electrons. The highest BCUT2D eigenvalue weighted by Crippen LogP contribution is 2.69. The van der Waals surface area contributed by atoms with Gasteiger partial charge in [-0.2, -0.15) is 0 Å². The zero-order valence-electron chi connectivity index (χ0n) is 20.3. The van der Waals surface area contributed by atoms with Gasteiger partial charge in [-0.25, -0.2) is 0 Å². The second-order valence-electron chi connectivity index (χ2n) is 12.8. The summed E-state index contributed by atoms with van der Waals surface area (Å²) in [5, 5.41) is 32.7. The molecule has 0 aromatic rings. The summed E-state index contributed by atoms with van der Waals surface area (Å²) in [7, 11) is 0. The Labute approximate surface area is 189 Å². The van der Waals surface area contributed by atoms with Crippen LogP contribution in [0.1, 0.15) is 105 Å². The molecule has 4 saturated carbocycles. The Bertz CT molecular complexity index is 672. The van der Waals surface area contributed by atoms with Crippen LogP contribution < -0.4 is 0 Å². The first-order valence-corrected chi connectivity index (χ1v) is 13.2. The number of aliphatic hydroxyl groups is 2. The van der Waals surface area contributed by atoms with Gasteiger partial charge in [0.2, 0.25) is 0 Å². The number of aliphatic carboxylic acids is 1. The summed E-state index contributed by atoms with van der Waals surface area (Å²) in [5.41, 5.74) is 0.112.